The predicted octanol–water partition coefficient (Wildman–Crippen LogP) is 5.58. The van der Waals surface area contributed by atoms with Crippen LogP contribution in [0.3, 0.4) is 0 Å². The normalized spacial score (nSPS) is 10.7. The Morgan fingerprint density at radius 1 is 1.16 bits per heavy atom. The van der Waals surface area contributed by atoms with E-state index in [4.69, 9.17) is 11.6 Å². The third-order valence-corrected chi connectivity index (χ3v) is 5.70. The summed E-state index contributed by atoms with van der Waals surface area (Å²) in [4.78, 5) is 13.5. The summed E-state index contributed by atoms with van der Waals surface area (Å²) in [5, 5.41) is 8.00. The van der Waals surface area contributed by atoms with Crippen molar-refractivity contribution < 1.29 is 0 Å². The lowest BCUT2D eigenvalue weighted by molar-refractivity contribution is 0.861. The van der Waals surface area contributed by atoms with E-state index in [0.717, 1.165) is 21.8 Å². The summed E-state index contributed by atoms with van der Waals surface area (Å²) in [7, 11) is 1.75. The maximum atomic E-state index is 12.4. The van der Waals surface area contributed by atoms with E-state index in [1.165, 1.54) is 11.9 Å². The lowest BCUT2D eigenvalue weighted by atomic mass is 10.2. The van der Waals surface area contributed by atoms with Crippen molar-refractivity contribution in [3.05, 3.63) is 67.6 Å². The topological polar surface area (TPSA) is 46.1 Å². The van der Waals surface area contributed by atoms with E-state index in [2.05, 4.69) is 15.4 Å². The highest BCUT2D eigenvalue weighted by molar-refractivity contribution is 8.00. The first-order chi connectivity index (χ1) is 12.0. The number of benzene rings is 1. The van der Waals surface area contributed by atoms with Gasteiger partial charge in [0, 0.05) is 22.9 Å². The van der Waals surface area contributed by atoms with Crippen LogP contribution in [0.4, 0.5) is 17.2 Å². The van der Waals surface area contributed by atoms with Gasteiger partial charge in [0.25, 0.3) is 5.56 Å². The summed E-state index contributed by atoms with van der Waals surface area (Å²) < 4.78 is 4.93. The molecule has 0 bridgehead atoms. The Hall–Kier alpha value is -1.89. The molecule has 2 heterocycles. The van der Waals surface area contributed by atoms with Crippen molar-refractivity contribution in [3.63, 3.8) is 0 Å². The molecule has 130 valence electrons. The van der Waals surface area contributed by atoms with Crippen molar-refractivity contribution >= 4 is 52.1 Å². The average Bonchev–Trinajstić information content (AvgIpc) is 3.09. The molecule has 0 radical (unpaired) electrons. The number of anilines is 3. The van der Waals surface area contributed by atoms with Crippen molar-refractivity contribution in [2.24, 2.45) is 7.05 Å². The monoisotopic (exact) mass is 391 g/mol. The molecule has 0 amide bonds. The number of halogens is 1. The van der Waals surface area contributed by atoms with Crippen LogP contribution in [0.1, 0.15) is 11.1 Å². The number of nitrogens with one attached hydrogen (secondary N) is 2. The molecule has 0 unspecified atom stereocenters. The molecule has 0 fully saturated rings. The van der Waals surface area contributed by atoms with E-state index >= 15 is 0 Å². The zero-order valence-corrected chi connectivity index (χ0v) is 16.5. The maximum absolute atomic E-state index is 12.4. The predicted molar refractivity (Wildman–Crippen MR) is 110 cm³/mol. The number of aromatic nitrogens is 1. The second-order valence-electron chi connectivity index (χ2n) is 5.73. The number of rotatable bonds is 5. The largest absolute Gasteiger partial charge is 0.339 e. The van der Waals surface area contributed by atoms with Crippen LogP contribution in [0.2, 0.25) is 5.02 Å². The van der Waals surface area contributed by atoms with Crippen LogP contribution in [0.15, 0.2) is 50.8 Å². The van der Waals surface area contributed by atoms with Gasteiger partial charge in [0.2, 0.25) is 0 Å². The number of pyridine rings is 1. The van der Waals surface area contributed by atoms with E-state index in [-0.39, 0.29) is 5.56 Å². The van der Waals surface area contributed by atoms with Crippen LogP contribution in [0.5, 0.6) is 0 Å². The smallest absolute Gasteiger partial charge is 0.254 e. The molecule has 1 aromatic carbocycles. The molecular weight excluding hydrogens is 374 g/mol. The van der Waals surface area contributed by atoms with Crippen LogP contribution < -0.4 is 15.6 Å². The summed E-state index contributed by atoms with van der Waals surface area (Å²) >= 11 is 9.49. The Bertz CT molecular complexity index is 952. The summed E-state index contributed by atoms with van der Waals surface area (Å²) in [6.45, 7) is 3.80. The van der Waals surface area contributed by atoms with E-state index < -0.39 is 0 Å². The average molecular weight is 392 g/mol. The molecule has 0 saturated carbocycles. The van der Waals surface area contributed by atoms with Crippen molar-refractivity contribution in [2.45, 2.75) is 18.7 Å². The standard InChI is InChI=1S/C18H18ClN3OS2/c1-11-4-5-15(14(19)8-11)20-17-16(9-12(2)18(23)22(17)3)21-25-13-6-7-24-10-13/h4-10,20-21H,1-3H3. The van der Waals surface area contributed by atoms with Gasteiger partial charge in [0.1, 0.15) is 5.82 Å². The fourth-order valence-electron chi connectivity index (χ4n) is 2.40. The first kappa shape index (κ1) is 17.9. The number of thiophene rings is 1. The molecule has 2 aromatic heterocycles. The van der Waals surface area contributed by atoms with Gasteiger partial charge in [-0.05, 0) is 61.0 Å². The molecule has 7 heteroatoms. The summed E-state index contributed by atoms with van der Waals surface area (Å²) in [5.41, 5.74) is 3.30. The van der Waals surface area contributed by atoms with Crippen LogP contribution in [0, 0.1) is 13.8 Å². The summed E-state index contributed by atoms with van der Waals surface area (Å²) in [5.74, 6) is 0.670. The number of nitrogens with zero attached hydrogens (tertiary/aromatic N) is 1. The molecule has 3 rings (SSSR count). The van der Waals surface area contributed by atoms with Crippen LogP contribution >= 0.6 is 34.9 Å². The molecule has 0 spiro atoms. The van der Waals surface area contributed by atoms with Gasteiger partial charge < -0.3 is 10.0 Å². The first-order valence-electron chi connectivity index (χ1n) is 7.64. The summed E-state index contributed by atoms with van der Waals surface area (Å²) in [6.07, 6.45) is 0. The van der Waals surface area contributed by atoms with Crippen LogP contribution in [0.25, 0.3) is 0 Å². The second-order valence-corrected chi connectivity index (χ2v) is 7.79. The fourth-order valence-corrected chi connectivity index (χ4v) is 4.16. The maximum Gasteiger partial charge on any atom is 0.254 e. The minimum atomic E-state index is -0.0446. The van der Waals surface area contributed by atoms with Crippen molar-refractivity contribution in [3.8, 4) is 0 Å². The van der Waals surface area contributed by atoms with Crippen molar-refractivity contribution in [2.75, 3.05) is 10.0 Å². The highest BCUT2D eigenvalue weighted by Crippen LogP contribution is 2.32. The molecule has 2 N–H and O–H groups in total. The van der Waals surface area contributed by atoms with E-state index in [0.29, 0.717) is 16.4 Å². The van der Waals surface area contributed by atoms with Crippen molar-refractivity contribution in [1.29, 1.82) is 0 Å². The molecule has 4 nitrogen and oxygen atoms in total. The molecule has 0 aliphatic rings. The Morgan fingerprint density at radius 3 is 2.64 bits per heavy atom. The zero-order chi connectivity index (χ0) is 18.0. The lowest BCUT2D eigenvalue weighted by Gasteiger charge is -2.18. The number of hydrogen-bond donors (Lipinski definition) is 2. The summed E-state index contributed by atoms with van der Waals surface area (Å²) in [6, 6.07) is 9.68. The van der Waals surface area contributed by atoms with Gasteiger partial charge in [-0.1, -0.05) is 17.7 Å². The minimum Gasteiger partial charge on any atom is -0.339 e. The van der Waals surface area contributed by atoms with E-state index in [9.17, 15) is 4.79 Å². The fraction of sp³-hybridized carbons (Fsp3) is 0.167. The lowest BCUT2D eigenvalue weighted by Crippen LogP contribution is -2.22. The highest BCUT2D eigenvalue weighted by atomic mass is 35.5. The van der Waals surface area contributed by atoms with Gasteiger partial charge >= 0.3 is 0 Å². The van der Waals surface area contributed by atoms with Gasteiger partial charge in [-0.2, -0.15) is 11.3 Å². The van der Waals surface area contributed by atoms with Crippen molar-refractivity contribution in [1.82, 2.24) is 4.57 Å². The van der Waals surface area contributed by atoms with Gasteiger partial charge in [0.15, 0.2) is 0 Å². The van der Waals surface area contributed by atoms with Gasteiger partial charge in [-0.15, -0.1) is 0 Å². The second kappa shape index (κ2) is 7.56. The molecule has 0 saturated heterocycles. The molecule has 0 aliphatic carbocycles. The van der Waals surface area contributed by atoms with Gasteiger partial charge in [-0.3, -0.25) is 9.36 Å². The minimum absolute atomic E-state index is 0.0446. The third-order valence-electron chi connectivity index (χ3n) is 3.74. The molecular formula is C18H18ClN3OS2. The van der Waals surface area contributed by atoms with Crippen LogP contribution in [-0.2, 0) is 7.05 Å². The molecule has 25 heavy (non-hydrogen) atoms. The number of hydrogen-bond acceptors (Lipinski definition) is 5. The van der Waals surface area contributed by atoms with E-state index in [1.54, 1.807) is 23.0 Å². The Labute approximate surface area is 160 Å². The molecule has 0 aliphatic heterocycles. The molecule has 0 atom stereocenters. The SMILES string of the molecule is Cc1ccc(Nc2c(NSc3ccsc3)cc(C)c(=O)n2C)c(Cl)c1. The quantitative estimate of drug-likeness (QED) is 0.557. The highest BCUT2D eigenvalue weighted by Gasteiger charge is 2.13. The Kier molecular flexibility index (Phi) is 5.42. The third kappa shape index (κ3) is 4.03. The molecule has 3 aromatic rings. The number of aryl methyl sites for hydroxylation is 2. The Balaban J connectivity index is 1.97. The van der Waals surface area contributed by atoms with Gasteiger partial charge in [0.05, 0.1) is 16.4 Å². The Morgan fingerprint density at radius 2 is 1.96 bits per heavy atom. The zero-order valence-electron chi connectivity index (χ0n) is 14.1. The first-order valence-corrected chi connectivity index (χ1v) is 9.78. The van der Waals surface area contributed by atoms with E-state index in [1.807, 2.05) is 49.6 Å². The van der Waals surface area contributed by atoms with Crippen LogP contribution in [-0.4, -0.2) is 4.57 Å². The van der Waals surface area contributed by atoms with Gasteiger partial charge in [-0.25, -0.2) is 0 Å².